The molecule has 0 aliphatic carbocycles. The minimum absolute atomic E-state index is 0.0302. The second-order valence-corrected chi connectivity index (χ2v) is 6.95. The standard InChI is InChI=1S/C11H12Cl2N2O3S/c12-7-3-4-10(8(13)6-7)19(17,18)15-5-1-2-9(15)11(14)16/h3-4,6,9H,1-2,5H2,(H2,14,16). The molecule has 0 radical (unpaired) electrons. The number of carbonyl (C=O) groups is 1. The third kappa shape index (κ3) is 2.72. The lowest BCUT2D eigenvalue weighted by molar-refractivity contribution is -0.121. The van der Waals surface area contributed by atoms with Crippen molar-refractivity contribution in [3.05, 3.63) is 28.2 Å². The fourth-order valence-corrected chi connectivity index (χ4v) is 4.54. The summed E-state index contributed by atoms with van der Waals surface area (Å²) < 4.78 is 26.0. The first-order valence-corrected chi connectivity index (χ1v) is 7.80. The number of benzene rings is 1. The van der Waals surface area contributed by atoms with Gasteiger partial charge in [-0.2, -0.15) is 4.31 Å². The predicted molar refractivity (Wildman–Crippen MR) is 72.6 cm³/mol. The van der Waals surface area contributed by atoms with E-state index in [9.17, 15) is 13.2 Å². The highest BCUT2D eigenvalue weighted by Gasteiger charge is 2.39. The minimum Gasteiger partial charge on any atom is -0.368 e. The summed E-state index contributed by atoms with van der Waals surface area (Å²) in [6, 6.07) is 3.31. The molecule has 1 aliphatic rings. The molecule has 0 aromatic heterocycles. The summed E-state index contributed by atoms with van der Waals surface area (Å²) in [5.41, 5.74) is 5.23. The highest BCUT2D eigenvalue weighted by atomic mass is 35.5. The van der Waals surface area contributed by atoms with E-state index in [0.717, 1.165) is 4.31 Å². The van der Waals surface area contributed by atoms with Gasteiger partial charge in [-0.25, -0.2) is 8.42 Å². The Morgan fingerprint density at radius 1 is 1.37 bits per heavy atom. The maximum absolute atomic E-state index is 12.5. The van der Waals surface area contributed by atoms with Gasteiger partial charge in [-0.1, -0.05) is 23.2 Å². The number of nitrogens with zero attached hydrogens (tertiary/aromatic N) is 1. The van der Waals surface area contributed by atoms with Crippen LogP contribution in [0.1, 0.15) is 12.8 Å². The van der Waals surface area contributed by atoms with E-state index in [1.807, 2.05) is 0 Å². The summed E-state index contributed by atoms with van der Waals surface area (Å²) in [6.07, 6.45) is 1.03. The average molecular weight is 323 g/mol. The summed E-state index contributed by atoms with van der Waals surface area (Å²) in [4.78, 5) is 11.2. The maximum atomic E-state index is 12.5. The highest BCUT2D eigenvalue weighted by molar-refractivity contribution is 7.89. The van der Waals surface area contributed by atoms with Crippen molar-refractivity contribution < 1.29 is 13.2 Å². The van der Waals surface area contributed by atoms with Crippen LogP contribution in [0.15, 0.2) is 23.1 Å². The van der Waals surface area contributed by atoms with Crippen LogP contribution in [0.25, 0.3) is 0 Å². The van der Waals surface area contributed by atoms with E-state index in [2.05, 4.69) is 0 Å². The smallest absolute Gasteiger partial charge is 0.245 e. The molecule has 0 bridgehead atoms. The molecule has 5 nitrogen and oxygen atoms in total. The number of amides is 1. The van der Waals surface area contributed by atoms with Crippen LogP contribution in [0.5, 0.6) is 0 Å². The van der Waals surface area contributed by atoms with Crippen molar-refractivity contribution in [1.82, 2.24) is 4.31 Å². The summed E-state index contributed by atoms with van der Waals surface area (Å²) in [5.74, 6) is -0.647. The van der Waals surface area contributed by atoms with E-state index in [1.165, 1.54) is 18.2 Å². The van der Waals surface area contributed by atoms with Gasteiger partial charge in [0.25, 0.3) is 0 Å². The molecule has 0 spiro atoms. The van der Waals surface area contributed by atoms with Crippen LogP contribution < -0.4 is 5.73 Å². The van der Waals surface area contributed by atoms with Crippen LogP contribution in [0.3, 0.4) is 0 Å². The molecule has 8 heteroatoms. The molecule has 2 N–H and O–H groups in total. The number of carbonyl (C=O) groups excluding carboxylic acids is 1. The van der Waals surface area contributed by atoms with Crippen LogP contribution in [0.2, 0.25) is 10.0 Å². The lowest BCUT2D eigenvalue weighted by Gasteiger charge is -2.22. The van der Waals surface area contributed by atoms with Gasteiger partial charge >= 0.3 is 0 Å². The van der Waals surface area contributed by atoms with Crippen molar-refractivity contribution in [3.8, 4) is 0 Å². The summed E-state index contributed by atoms with van der Waals surface area (Å²) in [5, 5.41) is 0.374. The molecular weight excluding hydrogens is 311 g/mol. The second-order valence-electron chi connectivity index (χ2n) is 4.25. The number of rotatable bonds is 3. The Morgan fingerprint density at radius 2 is 2.05 bits per heavy atom. The Bertz CT molecular complexity index is 618. The van der Waals surface area contributed by atoms with Crippen molar-refractivity contribution in [3.63, 3.8) is 0 Å². The van der Waals surface area contributed by atoms with E-state index in [0.29, 0.717) is 17.9 Å². The van der Waals surface area contributed by atoms with Gasteiger partial charge in [0.2, 0.25) is 15.9 Å². The van der Waals surface area contributed by atoms with Crippen LogP contribution in [-0.4, -0.2) is 31.2 Å². The second kappa shape index (κ2) is 5.28. The Balaban J connectivity index is 2.45. The zero-order chi connectivity index (χ0) is 14.2. The zero-order valence-electron chi connectivity index (χ0n) is 9.84. The van der Waals surface area contributed by atoms with E-state index in [1.54, 1.807) is 0 Å². The van der Waals surface area contributed by atoms with Crippen LogP contribution in [0, 0.1) is 0 Å². The molecular formula is C11H12Cl2N2O3S. The quantitative estimate of drug-likeness (QED) is 0.918. The molecule has 1 atom stereocenters. The van der Waals surface area contributed by atoms with Crippen molar-refractivity contribution in [1.29, 1.82) is 0 Å². The molecule has 2 rings (SSSR count). The monoisotopic (exact) mass is 322 g/mol. The first-order chi connectivity index (χ1) is 8.84. The molecule has 1 fully saturated rings. The summed E-state index contributed by atoms with van der Waals surface area (Å²) in [6.45, 7) is 0.259. The Hall–Kier alpha value is -0.820. The van der Waals surface area contributed by atoms with Crippen molar-refractivity contribution in [2.45, 2.75) is 23.8 Å². The number of nitrogens with two attached hydrogens (primary N) is 1. The van der Waals surface area contributed by atoms with Crippen LogP contribution >= 0.6 is 23.2 Å². The van der Waals surface area contributed by atoms with E-state index in [-0.39, 0.29) is 16.5 Å². The fraction of sp³-hybridized carbons (Fsp3) is 0.364. The number of hydrogen-bond donors (Lipinski definition) is 1. The zero-order valence-corrected chi connectivity index (χ0v) is 12.2. The molecule has 1 aliphatic heterocycles. The van der Waals surface area contributed by atoms with Crippen LogP contribution in [-0.2, 0) is 14.8 Å². The van der Waals surface area contributed by atoms with Gasteiger partial charge < -0.3 is 5.73 Å². The Labute approximate surface area is 121 Å². The molecule has 1 aromatic rings. The number of primary amides is 1. The number of sulfonamides is 1. The third-order valence-corrected chi connectivity index (χ3v) is 5.64. The van der Waals surface area contributed by atoms with Crippen molar-refractivity contribution in [2.24, 2.45) is 5.73 Å². The lowest BCUT2D eigenvalue weighted by atomic mass is 10.2. The van der Waals surface area contributed by atoms with Gasteiger partial charge in [0.15, 0.2) is 0 Å². The molecule has 104 valence electrons. The molecule has 19 heavy (non-hydrogen) atoms. The van der Waals surface area contributed by atoms with Gasteiger partial charge in [0.05, 0.1) is 5.02 Å². The molecule has 1 heterocycles. The minimum atomic E-state index is -3.84. The van der Waals surface area contributed by atoms with Gasteiger partial charge in [0.1, 0.15) is 10.9 Å². The summed E-state index contributed by atoms with van der Waals surface area (Å²) in [7, 11) is -3.84. The van der Waals surface area contributed by atoms with Gasteiger partial charge in [-0.05, 0) is 31.0 Å². The molecule has 1 amide bonds. The van der Waals surface area contributed by atoms with Gasteiger partial charge in [-0.15, -0.1) is 0 Å². The van der Waals surface area contributed by atoms with E-state index >= 15 is 0 Å². The largest absolute Gasteiger partial charge is 0.368 e. The first kappa shape index (κ1) is 14.6. The number of hydrogen-bond acceptors (Lipinski definition) is 3. The topological polar surface area (TPSA) is 80.5 Å². The van der Waals surface area contributed by atoms with Gasteiger partial charge in [-0.3, -0.25) is 4.79 Å². The fourth-order valence-electron chi connectivity index (χ4n) is 2.12. The van der Waals surface area contributed by atoms with Crippen LogP contribution in [0.4, 0.5) is 0 Å². The normalized spacial score (nSPS) is 20.6. The molecule has 0 saturated carbocycles. The van der Waals surface area contributed by atoms with Crippen molar-refractivity contribution in [2.75, 3.05) is 6.54 Å². The Kier molecular flexibility index (Phi) is 4.06. The van der Waals surface area contributed by atoms with E-state index < -0.39 is 22.0 Å². The third-order valence-electron chi connectivity index (χ3n) is 3.01. The predicted octanol–water partition coefficient (Wildman–Crippen LogP) is 1.63. The molecule has 1 unspecified atom stereocenters. The van der Waals surface area contributed by atoms with Crippen molar-refractivity contribution >= 4 is 39.1 Å². The number of halogens is 2. The van der Waals surface area contributed by atoms with Gasteiger partial charge in [0, 0.05) is 11.6 Å². The Morgan fingerprint density at radius 3 is 2.63 bits per heavy atom. The average Bonchev–Trinajstić information content (AvgIpc) is 2.77. The molecule has 1 aromatic carbocycles. The summed E-state index contributed by atoms with van der Waals surface area (Å²) >= 11 is 11.7. The highest BCUT2D eigenvalue weighted by Crippen LogP contribution is 2.31. The lowest BCUT2D eigenvalue weighted by Crippen LogP contribution is -2.43. The first-order valence-electron chi connectivity index (χ1n) is 5.60. The van der Waals surface area contributed by atoms with E-state index in [4.69, 9.17) is 28.9 Å². The molecule has 1 saturated heterocycles. The SMILES string of the molecule is NC(=O)C1CCCN1S(=O)(=O)c1ccc(Cl)cc1Cl. The maximum Gasteiger partial charge on any atom is 0.245 e.